The highest BCUT2D eigenvalue weighted by molar-refractivity contribution is 6.99. The van der Waals surface area contributed by atoms with Gasteiger partial charge in [0, 0.05) is 35.0 Å². The second-order valence-electron chi connectivity index (χ2n) is 8.97. The normalized spacial score (nSPS) is 31.2. The predicted molar refractivity (Wildman–Crippen MR) is 135 cm³/mol. The number of esters is 2. The molecule has 2 aromatic heterocycles. The lowest BCUT2D eigenvalue weighted by molar-refractivity contribution is -0.182. The van der Waals surface area contributed by atoms with E-state index in [-0.39, 0.29) is 22.4 Å². The van der Waals surface area contributed by atoms with Gasteiger partial charge >= 0.3 is 11.9 Å². The van der Waals surface area contributed by atoms with Gasteiger partial charge < -0.3 is 9.47 Å². The van der Waals surface area contributed by atoms with Crippen molar-refractivity contribution in [1.82, 2.24) is 28.1 Å². The highest BCUT2D eigenvalue weighted by Crippen LogP contribution is 2.49. The van der Waals surface area contributed by atoms with Gasteiger partial charge in [0.2, 0.25) is 0 Å². The van der Waals surface area contributed by atoms with Crippen molar-refractivity contribution in [1.29, 1.82) is 0 Å². The van der Waals surface area contributed by atoms with Crippen LogP contribution in [-0.4, -0.2) is 53.0 Å². The van der Waals surface area contributed by atoms with Crippen LogP contribution in [0.4, 0.5) is 0 Å². The summed E-state index contributed by atoms with van der Waals surface area (Å²) in [5.74, 6) is -2.40. The minimum Gasteiger partial charge on any atom is -0.431 e. The summed E-state index contributed by atoms with van der Waals surface area (Å²) in [4.78, 5) is 26.4. The maximum Gasteiger partial charge on any atom is 0.419 e. The molecule has 4 aliphatic heterocycles. The van der Waals surface area contributed by atoms with E-state index in [1.807, 2.05) is 0 Å². The van der Waals surface area contributed by atoms with Crippen molar-refractivity contribution in [2.75, 3.05) is 0 Å². The molecule has 4 bridgehead atoms. The maximum absolute atomic E-state index is 13.2. The molecule has 0 radical (unpaired) electrons. The quantitative estimate of drug-likeness (QED) is 0.386. The number of aromatic nitrogens is 4. The molecule has 2 fully saturated rings. The van der Waals surface area contributed by atoms with E-state index in [0.717, 1.165) is 23.5 Å². The average Bonchev–Trinajstić information content (AvgIpc) is 3.58. The highest BCUT2D eigenvalue weighted by Gasteiger charge is 2.55. The molecule has 10 nitrogen and oxygen atoms in total. The van der Waals surface area contributed by atoms with Crippen molar-refractivity contribution in [3.05, 3.63) is 31.8 Å². The summed E-state index contributed by atoms with van der Waals surface area (Å²) in [5.41, 5.74) is -1.34. The van der Waals surface area contributed by atoms with Crippen LogP contribution in [0.5, 0.6) is 0 Å². The molecule has 36 heavy (non-hydrogen) atoms. The van der Waals surface area contributed by atoms with Gasteiger partial charge in [0.25, 0.3) is 0 Å². The van der Waals surface area contributed by atoms with Gasteiger partial charge in [-0.2, -0.15) is 17.5 Å². The third-order valence-electron chi connectivity index (χ3n) is 6.84. The van der Waals surface area contributed by atoms with Gasteiger partial charge in [-0.25, -0.2) is 9.59 Å². The highest BCUT2D eigenvalue weighted by atomic mass is 35.5. The first kappa shape index (κ1) is 24.9. The second-order valence-corrected chi connectivity index (χ2v) is 11.7. The van der Waals surface area contributed by atoms with Gasteiger partial charge in [0.1, 0.15) is 11.4 Å². The Bertz CT molecular complexity index is 1250. The third-order valence-corrected chi connectivity index (χ3v) is 9.31. The number of carbonyl (C=O) groups is 2. The summed E-state index contributed by atoms with van der Waals surface area (Å²) in [6.45, 7) is 0. The van der Waals surface area contributed by atoms with Gasteiger partial charge in [0.05, 0.1) is 34.6 Å². The molecule has 4 aliphatic rings. The van der Waals surface area contributed by atoms with Crippen LogP contribution in [0.3, 0.4) is 0 Å². The number of hydrogen-bond donors (Lipinski definition) is 2. The van der Waals surface area contributed by atoms with Crippen molar-refractivity contribution in [2.45, 2.75) is 62.1 Å². The van der Waals surface area contributed by atoms with Crippen LogP contribution in [0.15, 0.2) is 10.1 Å². The summed E-state index contributed by atoms with van der Waals surface area (Å²) in [5, 5.41) is 7.71. The number of nitrogens with zero attached hydrogens (tertiary/aromatic N) is 4. The number of fused-ring (bicyclic) bond motifs is 4. The van der Waals surface area contributed by atoms with Crippen molar-refractivity contribution < 1.29 is 19.1 Å². The Morgan fingerprint density at radius 2 is 1.17 bits per heavy atom. The summed E-state index contributed by atoms with van der Waals surface area (Å²) in [7, 11) is 0. The molecule has 0 aliphatic carbocycles. The number of halogens is 4. The summed E-state index contributed by atoms with van der Waals surface area (Å²) in [6.07, 6.45) is 3.11. The van der Waals surface area contributed by atoms with Crippen LogP contribution in [0.1, 0.15) is 49.9 Å². The van der Waals surface area contributed by atoms with Crippen LogP contribution < -0.4 is 10.6 Å². The second kappa shape index (κ2) is 9.12. The fourth-order valence-corrected chi connectivity index (χ4v) is 7.77. The smallest absolute Gasteiger partial charge is 0.419 e. The molecule has 4 unspecified atom stereocenters. The van der Waals surface area contributed by atoms with E-state index in [9.17, 15) is 9.59 Å². The van der Waals surface area contributed by atoms with E-state index in [1.54, 1.807) is 0 Å². The monoisotopic (exact) mass is 608 g/mol. The average molecular weight is 610 g/mol. The lowest BCUT2D eigenvalue weighted by atomic mass is 9.96. The molecule has 2 aromatic rings. The van der Waals surface area contributed by atoms with Crippen LogP contribution in [0.25, 0.3) is 11.1 Å². The molecule has 0 saturated carbocycles. The first-order valence-corrected chi connectivity index (χ1v) is 14.0. The number of nitrogens with one attached hydrogen (secondary N) is 2. The van der Waals surface area contributed by atoms with Crippen LogP contribution in [0.2, 0.25) is 10.3 Å². The molecule has 0 amide bonds. The summed E-state index contributed by atoms with van der Waals surface area (Å²) < 4.78 is 28.1. The van der Waals surface area contributed by atoms with Crippen molar-refractivity contribution in [2.24, 2.45) is 0 Å². The lowest BCUT2D eigenvalue weighted by Crippen LogP contribution is -2.54. The molecule has 4 atom stereocenters. The standard InChI is InChI=1S/C20H16Cl4N6O4S2/c21-9-5-7-1-3-19(25-7,11(9)13-15(23)29-35-27-13)33-17(31)18(32)34-20-4-2-8(26-20)6-10(22)12(20)14-16(24)30-36-28-14/h7-8,25-26H,1-6H2. The largest absolute Gasteiger partial charge is 0.431 e. The Balaban J connectivity index is 1.29. The Morgan fingerprint density at radius 3 is 1.53 bits per heavy atom. The SMILES string of the molecule is O=C(OC12CCC(CC(Cl)=C1c1nsnc1Cl)N2)C(=O)OC12CCC(CC(Cl)=C1c1nsnc1Cl)N2. The van der Waals surface area contributed by atoms with E-state index in [0.29, 0.717) is 71.1 Å². The minimum absolute atomic E-state index is 0.0303. The van der Waals surface area contributed by atoms with Crippen LogP contribution in [-0.2, 0) is 19.1 Å². The van der Waals surface area contributed by atoms with E-state index < -0.39 is 23.4 Å². The minimum atomic E-state index is -1.39. The van der Waals surface area contributed by atoms with Gasteiger partial charge in [-0.05, 0) is 25.7 Å². The van der Waals surface area contributed by atoms with Gasteiger partial charge in [-0.15, -0.1) is 0 Å². The topological polar surface area (TPSA) is 128 Å². The Labute approximate surface area is 233 Å². The number of carbonyl (C=O) groups excluding carboxylic acids is 2. The maximum atomic E-state index is 13.2. The zero-order chi connectivity index (χ0) is 25.2. The molecular formula is C20H16Cl4N6O4S2. The van der Waals surface area contributed by atoms with Gasteiger partial charge in [-0.3, -0.25) is 10.6 Å². The fraction of sp³-hybridized carbons (Fsp3) is 0.500. The van der Waals surface area contributed by atoms with E-state index in [4.69, 9.17) is 55.9 Å². The predicted octanol–water partition coefficient (Wildman–Crippen LogP) is 4.09. The van der Waals surface area contributed by atoms with E-state index >= 15 is 0 Å². The Hall–Kier alpha value is -1.38. The van der Waals surface area contributed by atoms with Crippen molar-refractivity contribution >= 4 is 92.9 Å². The van der Waals surface area contributed by atoms with Crippen molar-refractivity contribution in [3.8, 4) is 0 Å². The molecular weight excluding hydrogens is 594 g/mol. The third kappa shape index (κ3) is 3.97. The summed E-state index contributed by atoms with van der Waals surface area (Å²) in [6, 6.07) is -0.0606. The van der Waals surface area contributed by atoms with Crippen molar-refractivity contribution in [3.63, 3.8) is 0 Å². The molecule has 6 rings (SSSR count). The first-order valence-electron chi connectivity index (χ1n) is 11.0. The molecule has 0 aromatic carbocycles. The Morgan fingerprint density at radius 1 is 0.750 bits per heavy atom. The summed E-state index contributed by atoms with van der Waals surface area (Å²) >= 11 is 27.5. The van der Waals surface area contributed by atoms with Gasteiger partial charge in [-0.1, -0.05) is 46.4 Å². The molecule has 0 spiro atoms. The number of hydrogen-bond acceptors (Lipinski definition) is 12. The molecule has 2 saturated heterocycles. The molecule has 6 heterocycles. The lowest BCUT2D eigenvalue weighted by Gasteiger charge is -2.37. The fourth-order valence-electron chi connectivity index (χ4n) is 5.43. The molecule has 2 N–H and O–H groups in total. The number of rotatable bonds is 4. The van der Waals surface area contributed by atoms with Crippen LogP contribution >= 0.6 is 69.9 Å². The zero-order valence-electron chi connectivity index (χ0n) is 18.1. The molecule has 190 valence electrons. The Kier molecular flexibility index (Phi) is 6.32. The van der Waals surface area contributed by atoms with Crippen LogP contribution in [0, 0.1) is 0 Å². The van der Waals surface area contributed by atoms with Gasteiger partial charge in [0.15, 0.2) is 21.8 Å². The first-order chi connectivity index (χ1) is 17.2. The van der Waals surface area contributed by atoms with E-state index in [2.05, 4.69) is 28.1 Å². The molecule has 16 heteroatoms. The number of ether oxygens (including phenoxy) is 2. The van der Waals surface area contributed by atoms with E-state index in [1.165, 1.54) is 0 Å². The zero-order valence-corrected chi connectivity index (χ0v) is 22.8.